The minimum absolute atomic E-state index is 0.346. The molecular formula is C10H21BrN2O2S. The molecular weight excluding hydrogens is 292 g/mol. The molecule has 0 radical (unpaired) electrons. The monoisotopic (exact) mass is 312 g/mol. The molecule has 0 spiro atoms. The van der Waals surface area contributed by atoms with E-state index in [2.05, 4.69) is 20.7 Å². The van der Waals surface area contributed by atoms with Crippen molar-refractivity contribution in [2.24, 2.45) is 0 Å². The molecule has 1 aliphatic heterocycles. The van der Waals surface area contributed by atoms with E-state index in [4.69, 9.17) is 0 Å². The first-order chi connectivity index (χ1) is 7.49. The van der Waals surface area contributed by atoms with E-state index in [9.17, 15) is 8.42 Å². The summed E-state index contributed by atoms with van der Waals surface area (Å²) in [5.41, 5.74) is -0.346. The number of alkyl halides is 1. The van der Waals surface area contributed by atoms with E-state index < -0.39 is 10.2 Å². The predicted molar refractivity (Wildman–Crippen MR) is 70.0 cm³/mol. The molecule has 1 aliphatic rings. The average Bonchev–Trinajstić information content (AvgIpc) is 2.80. The van der Waals surface area contributed by atoms with Crippen LogP contribution in [0.4, 0.5) is 0 Å². The summed E-state index contributed by atoms with van der Waals surface area (Å²) >= 11 is 3.41. The van der Waals surface area contributed by atoms with Crippen molar-refractivity contribution < 1.29 is 8.42 Å². The maximum Gasteiger partial charge on any atom is 0.279 e. The van der Waals surface area contributed by atoms with Gasteiger partial charge < -0.3 is 0 Å². The Morgan fingerprint density at radius 3 is 2.12 bits per heavy atom. The Bertz CT molecular complexity index is 301. The van der Waals surface area contributed by atoms with Gasteiger partial charge in [-0.15, -0.1) is 0 Å². The van der Waals surface area contributed by atoms with E-state index in [1.54, 1.807) is 4.31 Å². The molecule has 0 amide bonds. The topological polar surface area (TPSA) is 49.4 Å². The van der Waals surface area contributed by atoms with Gasteiger partial charge in [-0.25, -0.2) is 0 Å². The number of hydrogen-bond donors (Lipinski definition) is 1. The molecule has 6 heteroatoms. The highest BCUT2D eigenvalue weighted by Crippen LogP contribution is 2.21. The van der Waals surface area contributed by atoms with Crippen LogP contribution in [0, 0.1) is 0 Å². The first-order valence-electron chi connectivity index (χ1n) is 5.84. The van der Waals surface area contributed by atoms with Crippen LogP contribution in [0.3, 0.4) is 0 Å². The van der Waals surface area contributed by atoms with Gasteiger partial charge in [0.15, 0.2) is 0 Å². The van der Waals surface area contributed by atoms with Gasteiger partial charge in [0.25, 0.3) is 10.2 Å². The van der Waals surface area contributed by atoms with Crippen LogP contribution in [0.25, 0.3) is 0 Å². The third-order valence-electron chi connectivity index (χ3n) is 3.36. The molecule has 0 atom stereocenters. The number of hydrogen-bond acceptors (Lipinski definition) is 2. The van der Waals surface area contributed by atoms with Gasteiger partial charge in [-0.05, 0) is 25.7 Å². The fraction of sp³-hybridized carbons (Fsp3) is 1.00. The molecule has 4 nitrogen and oxygen atoms in total. The van der Waals surface area contributed by atoms with Crippen LogP contribution in [-0.2, 0) is 10.2 Å². The molecule has 0 aromatic heterocycles. The van der Waals surface area contributed by atoms with Crippen LogP contribution in [0.15, 0.2) is 0 Å². The van der Waals surface area contributed by atoms with Crippen molar-refractivity contribution in [1.29, 1.82) is 0 Å². The molecule has 0 aromatic rings. The lowest BCUT2D eigenvalue weighted by molar-refractivity contribution is 0.374. The molecule has 16 heavy (non-hydrogen) atoms. The van der Waals surface area contributed by atoms with Gasteiger partial charge in [-0.2, -0.15) is 17.4 Å². The highest BCUT2D eigenvalue weighted by Gasteiger charge is 2.34. The summed E-state index contributed by atoms with van der Waals surface area (Å²) in [7, 11) is -3.30. The minimum Gasteiger partial charge on any atom is -0.195 e. The molecule has 0 bridgehead atoms. The Labute approximate surface area is 107 Å². The summed E-state index contributed by atoms with van der Waals surface area (Å²) in [6.07, 6.45) is 3.53. The zero-order chi connectivity index (χ0) is 12.2. The molecule has 1 rings (SSSR count). The summed E-state index contributed by atoms with van der Waals surface area (Å²) in [6, 6.07) is 0. The highest BCUT2D eigenvalue weighted by molar-refractivity contribution is 9.09. The van der Waals surface area contributed by atoms with E-state index >= 15 is 0 Å². The molecule has 0 unspecified atom stereocenters. The zero-order valence-corrected chi connectivity index (χ0v) is 12.4. The fourth-order valence-electron chi connectivity index (χ4n) is 1.88. The van der Waals surface area contributed by atoms with E-state index in [1.165, 1.54) is 0 Å². The van der Waals surface area contributed by atoms with Gasteiger partial charge in [-0.1, -0.05) is 29.8 Å². The third kappa shape index (κ3) is 3.18. The number of rotatable bonds is 6. The molecule has 0 aliphatic carbocycles. The Balaban J connectivity index is 2.76. The Kier molecular flexibility index (Phi) is 5.22. The van der Waals surface area contributed by atoms with E-state index in [1.807, 2.05) is 13.8 Å². The van der Waals surface area contributed by atoms with Gasteiger partial charge >= 0.3 is 0 Å². The van der Waals surface area contributed by atoms with E-state index in [-0.39, 0.29) is 5.54 Å². The van der Waals surface area contributed by atoms with Crippen LogP contribution in [0.2, 0.25) is 0 Å². The fourth-order valence-corrected chi connectivity index (χ4v) is 4.77. The zero-order valence-electron chi connectivity index (χ0n) is 10.00. The van der Waals surface area contributed by atoms with Crippen molar-refractivity contribution >= 4 is 26.1 Å². The van der Waals surface area contributed by atoms with Crippen molar-refractivity contribution in [1.82, 2.24) is 9.03 Å². The van der Waals surface area contributed by atoms with Gasteiger partial charge in [0.2, 0.25) is 0 Å². The second kappa shape index (κ2) is 5.80. The third-order valence-corrected chi connectivity index (χ3v) is 6.17. The molecule has 0 aromatic carbocycles. The van der Waals surface area contributed by atoms with Crippen LogP contribution in [0.5, 0.6) is 0 Å². The lowest BCUT2D eigenvalue weighted by atomic mass is 9.97. The highest BCUT2D eigenvalue weighted by atomic mass is 79.9. The van der Waals surface area contributed by atoms with Gasteiger partial charge in [0.1, 0.15) is 0 Å². The molecule has 96 valence electrons. The van der Waals surface area contributed by atoms with Gasteiger partial charge in [0, 0.05) is 24.0 Å². The molecule has 1 N–H and O–H groups in total. The van der Waals surface area contributed by atoms with Crippen molar-refractivity contribution in [3.05, 3.63) is 0 Å². The second-order valence-corrected chi connectivity index (χ2v) is 6.57. The first-order valence-corrected chi connectivity index (χ1v) is 8.41. The van der Waals surface area contributed by atoms with Crippen molar-refractivity contribution in [3.8, 4) is 0 Å². The van der Waals surface area contributed by atoms with Crippen molar-refractivity contribution in [2.45, 2.75) is 45.1 Å². The number of halogens is 1. The van der Waals surface area contributed by atoms with Crippen LogP contribution < -0.4 is 4.72 Å². The summed E-state index contributed by atoms with van der Waals surface area (Å²) in [5.74, 6) is 0. The second-order valence-electron chi connectivity index (χ2n) is 4.33. The predicted octanol–water partition coefficient (Wildman–Crippen LogP) is 1.87. The van der Waals surface area contributed by atoms with Gasteiger partial charge in [-0.3, -0.25) is 0 Å². The lowest BCUT2D eigenvalue weighted by Gasteiger charge is -2.32. The van der Waals surface area contributed by atoms with Crippen LogP contribution >= 0.6 is 15.9 Å². The average molecular weight is 313 g/mol. The summed E-state index contributed by atoms with van der Waals surface area (Å²) in [6.45, 7) is 5.33. The molecule has 1 heterocycles. The Hall–Kier alpha value is 0.350. The molecule has 1 saturated heterocycles. The maximum atomic E-state index is 12.1. The number of nitrogens with one attached hydrogen (secondary N) is 1. The first kappa shape index (κ1) is 14.4. The molecule has 1 fully saturated rings. The van der Waals surface area contributed by atoms with Gasteiger partial charge in [0.05, 0.1) is 0 Å². The SMILES string of the molecule is CCC(CC)(CBr)NS(=O)(=O)N1CCCC1. The smallest absolute Gasteiger partial charge is 0.195 e. The standard InChI is InChI=1S/C10H21BrN2O2S/c1-3-10(4-2,9-11)12-16(14,15)13-7-5-6-8-13/h12H,3-9H2,1-2H3. The summed E-state index contributed by atoms with van der Waals surface area (Å²) in [4.78, 5) is 0. The largest absolute Gasteiger partial charge is 0.279 e. The van der Waals surface area contributed by atoms with Crippen LogP contribution in [0.1, 0.15) is 39.5 Å². The van der Waals surface area contributed by atoms with E-state index in [0.29, 0.717) is 18.4 Å². The molecule has 0 saturated carbocycles. The van der Waals surface area contributed by atoms with Crippen LogP contribution in [-0.4, -0.2) is 36.7 Å². The Morgan fingerprint density at radius 2 is 1.75 bits per heavy atom. The quantitative estimate of drug-likeness (QED) is 0.761. The number of nitrogens with zero attached hydrogens (tertiary/aromatic N) is 1. The Morgan fingerprint density at radius 1 is 1.25 bits per heavy atom. The maximum absolute atomic E-state index is 12.1. The van der Waals surface area contributed by atoms with Crippen molar-refractivity contribution in [2.75, 3.05) is 18.4 Å². The normalized spacial score (nSPS) is 19.2. The lowest BCUT2D eigenvalue weighted by Crippen LogP contribution is -2.53. The summed E-state index contributed by atoms with van der Waals surface area (Å²) < 4.78 is 28.6. The summed E-state index contributed by atoms with van der Waals surface area (Å²) in [5, 5.41) is 0.653. The van der Waals surface area contributed by atoms with E-state index in [0.717, 1.165) is 25.7 Å². The van der Waals surface area contributed by atoms with Crippen molar-refractivity contribution in [3.63, 3.8) is 0 Å². The minimum atomic E-state index is -3.30.